The topological polar surface area (TPSA) is 65.6 Å². The number of nitrogens with one attached hydrogen (secondary N) is 1. The lowest BCUT2D eigenvalue weighted by Gasteiger charge is -2.43. The Morgan fingerprint density at radius 3 is 3.00 bits per heavy atom. The zero-order chi connectivity index (χ0) is 18.3. The normalized spacial score (nSPS) is 31.6. The maximum Gasteiger partial charge on any atom is 0.314 e. The van der Waals surface area contributed by atoms with Crippen molar-refractivity contribution in [1.82, 2.24) is 9.88 Å². The summed E-state index contributed by atoms with van der Waals surface area (Å²) in [6.45, 7) is 4.62. The van der Waals surface area contributed by atoms with Crippen LogP contribution in [-0.2, 0) is 16.0 Å². The zero-order valence-electron chi connectivity index (χ0n) is 15.6. The molecular formula is C21H28N2O3. The number of H-pyrrole nitrogens is 1. The monoisotopic (exact) mass is 356 g/mol. The second-order valence-electron chi connectivity index (χ2n) is 8.01. The van der Waals surface area contributed by atoms with Gasteiger partial charge in [0.1, 0.15) is 0 Å². The molecule has 140 valence electrons. The number of piperidine rings is 1. The second kappa shape index (κ2) is 6.71. The van der Waals surface area contributed by atoms with Gasteiger partial charge >= 0.3 is 5.97 Å². The van der Waals surface area contributed by atoms with Gasteiger partial charge in [-0.3, -0.25) is 9.69 Å². The van der Waals surface area contributed by atoms with Crippen LogP contribution in [0.3, 0.4) is 0 Å². The van der Waals surface area contributed by atoms with Crippen LogP contribution in [0.4, 0.5) is 0 Å². The van der Waals surface area contributed by atoms with Crippen molar-refractivity contribution in [3.63, 3.8) is 0 Å². The first-order chi connectivity index (χ1) is 12.5. The fraction of sp³-hybridized carbons (Fsp3) is 0.571. The average molecular weight is 356 g/mol. The Labute approximate surface area is 154 Å². The van der Waals surface area contributed by atoms with Crippen LogP contribution < -0.4 is 0 Å². The first-order valence-corrected chi connectivity index (χ1v) is 9.65. The van der Waals surface area contributed by atoms with E-state index in [9.17, 15) is 9.90 Å². The van der Waals surface area contributed by atoms with Crippen molar-refractivity contribution in [3.8, 4) is 0 Å². The predicted molar refractivity (Wildman–Crippen MR) is 101 cm³/mol. The standard InChI is InChI=1S/C21H28N2O3/c1-3-21(25)11-14-10-17(20(24)26-2)19-16(8-9-23(12-14)13-21)15-6-4-5-7-18(15)22-19/h4-7,14,17,22,25H,3,8-13H2,1-2H3/t14-,17-,21-/m1/s1. The second-order valence-corrected chi connectivity index (χ2v) is 8.01. The van der Waals surface area contributed by atoms with Crippen LogP contribution >= 0.6 is 0 Å². The number of hydrogen-bond acceptors (Lipinski definition) is 4. The molecule has 4 rings (SSSR count). The fourth-order valence-electron chi connectivity index (χ4n) is 4.96. The van der Waals surface area contributed by atoms with Gasteiger partial charge in [0.2, 0.25) is 0 Å². The molecular weight excluding hydrogens is 328 g/mol. The summed E-state index contributed by atoms with van der Waals surface area (Å²) in [5.41, 5.74) is 2.66. The molecule has 5 heteroatoms. The molecule has 2 aromatic rings. The van der Waals surface area contributed by atoms with Crippen molar-refractivity contribution < 1.29 is 14.6 Å². The molecule has 1 aromatic heterocycles. The molecule has 1 unspecified atom stereocenters. The van der Waals surface area contributed by atoms with Crippen molar-refractivity contribution in [2.75, 3.05) is 26.7 Å². The van der Waals surface area contributed by atoms with Gasteiger partial charge in [-0.1, -0.05) is 25.1 Å². The molecule has 0 aliphatic carbocycles. The van der Waals surface area contributed by atoms with E-state index in [4.69, 9.17) is 4.74 Å². The number of para-hydroxylation sites is 1. The van der Waals surface area contributed by atoms with Crippen LogP contribution in [0, 0.1) is 5.92 Å². The zero-order valence-corrected chi connectivity index (χ0v) is 15.6. The smallest absolute Gasteiger partial charge is 0.314 e. The van der Waals surface area contributed by atoms with Crippen LogP contribution in [0.15, 0.2) is 24.3 Å². The Bertz CT molecular complexity index is 815. The van der Waals surface area contributed by atoms with Gasteiger partial charge < -0.3 is 14.8 Å². The third kappa shape index (κ3) is 3.03. The minimum absolute atomic E-state index is 0.183. The number of aromatic nitrogens is 1. The first-order valence-electron chi connectivity index (χ1n) is 9.65. The number of carbonyl (C=O) groups is 1. The summed E-state index contributed by atoms with van der Waals surface area (Å²) in [4.78, 5) is 18.5. The van der Waals surface area contributed by atoms with E-state index in [1.165, 1.54) is 18.1 Å². The molecule has 2 bridgehead atoms. The molecule has 2 aliphatic heterocycles. The van der Waals surface area contributed by atoms with Gasteiger partial charge in [0.15, 0.2) is 0 Å². The molecule has 0 saturated carbocycles. The maximum absolute atomic E-state index is 12.7. The van der Waals surface area contributed by atoms with E-state index in [0.717, 1.165) is 50.1 Å². The number of carbonyl (C=O) groups excluding carboxylic acids is 1. The fourth-order valence-corrected chi connectivity index (χ4v) is 4.96. The van der Waals surface area contributed by atoms with E-state index in [2.05, 4.69) is 22.0 Å². The van der Waals surface area contributed by atoms with Gasteiger partial charge in [0, 0.05) is 36.2 Å². The SMILES string of the molecule is CC[C@@]1(O)C[C@H]2C[C@@H](C(=O)OC)c3[nH]c4ccccc4c3CCN(C2)C1. The Balaban J connectivity index is 1.79. The number of hydrogen-bond donors (Lipinski definition) is 2. The number of nitrogens with zero attached hydrogens (tertiary/aromatic N) is 1. The van der Waals surface area contributed by atoms with Gasteiger partial charge in [-0.05, 0) is 43.2 Å². The van der Waals surface area contributed by atoms with Crippen LogP contribution in [0.2, 0.25) is 0 Å². The molecule has 4 atom stereocenters. The third-order valence-electron chi connectivity index (χ3n) is 6.29. The summed E-state index contributed by atoms with van der Waals surface area (Å²) in [5.74, 6) is -0.196. The van der Waals surface area contributed by atoms with Crippen molar-refractivity contribution in [1.29, 1.82) is 0 Å². The summed E-state index contributed by atoms with van der Waals surface area (Å²) < 4.78 is 5.16. The number of fused-ring (bicyclic) bond motifs is 5. The predicted octanol–water partition coefficient (Wildman–Crippen LogP) is 2.83. The summed E-state index contributed by atoms with van der Waals surface area (Å²) >= 11 is 0. The number of rotatable bonds is 2. The van der Waals surface area contributed by atoms with Gasteiger partial charge in [-0.15, -0.1) is 0 Å². The molecule has 1 aromatic carbocycles. The number of benzene rings is 1. The lowest BCUT2D eigenvalue weighted by atomic mass is 9.79. The molecule has 0 radical (unpaired) electrons. The van der Waals surface area contributed by atoms with Crippen molar-refractivity contribution in [2.24, 2.45) is 5.92 Å². The van der Waals surface area contributed by atoms with Gasteiger partial charge in [0.05, 0.1) is 18.6 Å². The highest BCUT2D eigenvalue weighted by Gasteiger charge is 2.40. The lowest BCUT2D eigenvalue weighted by molar-refractivity contribution is -0.143. The van der Waals surface area contributed by atoms with E-state index < -0.39 is 5.60 Å². The van der Waals surface area contributed by atoms with Crippen LogP contribution in [0.5, 0.6) is 0 Å². The van der Waals surface area contributed by atoms with Crippen LogP contribution in [0.1, 0.15) is 43.4 Å². The molecule has 26 heavy (non-hydrogen) atoms. The molecule has 3 heterocycles. The molecule has 0 spiro atoms. The number of methoxy groups -OCH3 is 1. The van der Waals surface area contributed by atoms with E-state index >= 15 is 0 Å². The summed E-state index contributed by atoms with van der Waals surface area (Å²) in [6.07, 6.45) is 3.09. The Morgan fingerprint density at radius 2 is 2.23 bits per heavy atom. The largest absolute Gasteiger partial charge is 0.469 e. The summed E-state index contributed by atoms with van der Waals surface area (Å²) in [6, 6.07) is 8.26. The van der Waals surface area contributed by atoms with Crippen molar-refractivity contribution in [2.45, 2.75) is 44.1 Å². The van der Waals surface area contributed by atoms with E-state index in [1.54, 1.807) is 0 Å². The summed E-state index contributed by atoms with van der Waals surface area (Å²) in [5, 5.41) is 12.1. The Kier molecular flexibility index (Phi) is 4.53. The molecule has 2 aliphatic rings. The molecule has 2 N–H and O–H groups in total. The van der Waals surface area contributed by atoms with E-state index in [1.807, 2.05) is 19.1 Å². The highest BCUT2D eigenvalue weighted by molar-refractivity contribution is 5.88. The molecule has 1 saturated heterocycles. The molecule has 5 nitrogen and oxygen atoms in total. The number of aliphatic hydroxyl groups is 1. The van der Waals surface area contributed by atoms with E-state index in [-0.39, 0.29) is 17.8 Å². The highest BCUT2D eigenvalue weighted by Crippen LogP contribution is 2.39. The van der Waals surface area contributed by atoms with Crippen molar-refractivity contribution >= 4 is 16.9 Å². The van der Waals surface area contributed by atoms with Gasteiger partial charge in [0.25, 0.3) is 0 Å². The Hall–Kier alpha value is -1.85. The van der Waals surface area contributed by atoms with Gasteiger partial charge in [-0.2, -0.15) is 0 Å². The Morgan fingerprint density at radius 1 is 1.42 bits per heavy atom. The number of aromatic amines is 1. The van der Waals surface area contributed by atoms with Gasteiger partial charge in [-0.25, -0.2) is 0 Å². The first kappa shape index (κ1) is 17.6. The minimum Gasteiger partial charge on any atom is -0.469 e. The molecule has 1 fully saturated rings. The maximum atomic E-state index is 12.7. The highest BCUT2D eigenvalue weighted by atomic mass is 16.5. The van der Waals surface area contributed by atoms with Crippen LogP contribution in [-0.4, -0.2) is 53.3 Å². The number of ether oxygens (including phenoxy) is 1. The van der Waals surface area contributed by atoms with Crippen molar-refractivity contribution in [3.05, 3.63) is 35.5 Å². The van der Waals surface area contributed by atoms with E-state index in [0.29, 0.717) is 6.42 Å². The minimum atomic E-state index is -0.649. The lowest BCUT2D eigenvalue weighted by Crippen LogP contribution is -2.51. The third-order valence-corrected chi connectivity index (χ3v) is 6.29. The van der Waals surface area contributed by atoms with Crippen LogP contribution in [0.25, 0.3) is 10.9 Å². The molecule has 0 amide bonds. The summed E-state index contributed by atoms with van der Waals surface area (Å²) in [7, 11) is 1.47. The number of esters is 1. The average Bonchev–Trinajstić information content (AvgIpc) is 3.02. The quantitative estimate of drug-likeness (QED) is 0.812.